The van der Waals surface area contributed by atoms with Crippen LogP contribution in [0.15, 0.2) is 24.7 Å². The van der Waals surface area contributed by atoms with E-state index >= 15 is 0 Å². The first-order valence-corrected chi connectivity index (χ1v) is 7.39. The minimum Gasteiger partial charge on any atom is -0.496 e. The summed E-state index contributed by atoms with van der Waals surface area (Å²) in [7, 11) is 1.69. The summed E-state index contributed by atoms with van der Waals surface area (Å²) >= 11 is 0. The topological polar surface area (TPSA) is 47.3 Å². The van der Waals surface area contributed by atoms with Gasteiger partial charge in [-0.05, 0) is 31.9 Å². The highest BCUT2D eigenvalue weighted by Crippen LogP contribution is 2.25. The van der Waals surface area contributed by atoms with E-state index in [4.69, 9.17) is 4.74 Å². The molecule has 2 rings (SSSR count). The number of pyridine rings is 1. The van der Waals surface area contributed by atoms with E-state index in [2.05, 4.69) is 16.5 Å². The SMILES string of the molecule is CCCC(O)c1ccn(Cc2ncc(C)c(OC)c2C)c1. The molecule has 0 aliphatic carbocycles. The maximum Gasteiger partial charge on any atom is 0.128 e. The lowest BCUT2D eigenvalue weighted by molar-refractivity contribution is 0.166. The summed E-state index contributed by atoms with van der Waals surface area (Å²) in [4.78, 5) is 4.51. The summed E-state index contributed by atoms with van der Waals surface area (Å²) in [6.07, 6.45) is 7.22. The zero-order valence-electron chi connectivity index (χ0n) is 13.3. The normalized spacial score (nSPS) is 12.4. The monoisotopic (exact) mass is 288 g/mol. The first kappa shape index (κ1) is 15.6. The number of hydrogen-bond donors (Lipinski definition) is 1. The highest BCUT2D eigenvalue weighted by molar-refractivity contribution is 5.41. The highest BCUT2D eigenvalue weighted by atomic mass is 16.5. The third-order valence-electron chi connectivity index (χ3n) is 3.80. The van der Waals surface area contributed by atoms with Crippen molar-refractivity contribution in [3.8, 4) is 5.75 Å². The van der Waals surface area contributed by atoms with E-state index in [1.54, 1.807) is 7.11 Å². The van der Waals surface area contributed by atoms with Crippen LogP contribution in [0.5, 0.6) is 5.75 Å². The van der Waals surface area contributed by atoms with Crippen molar-refractivity contribution in [2.75, 3.05) is 7.11 Å². The summed E-state index contributed by atoms with van der Waals surface area (Å²) in [5.41, 5.74) is 4.07. The van der Waals surface area contributed by atoms with Crippen molar-refractivity contribution in [2.24, 2.45) is 0 Å². The molecule has 0 saturated heterocycles. The Bertz CT molecular complexity index is 605. The molecule has 1 atom stereocenters. The fraction of sp³-hybridized carbons (Fsp3) is 0.471. The molecule has 0 amide bonds. The van der Waals surface area contributed by atoms with E-state index in [1.165, 1.54) is 0 Å². The number of aliphatic hydroxyl groups excluding tert-OH is 1. The van der Waals surface area contributed by atoms with Crippen LogP contribution in [0.2, 0.25) is 0 Å². The van der Waals surface area contributed by atoms with Crippen LogP contribution in [0.1, 0.15) is 48.3 Å². The fourth-order valence-corrected chi connectivity index (χ4v) is 2.60. The van der Waals surface area contributed by atoms with E-state index in [0.717, 1.165) is 41.0 Å². The summed E-state index contributed by atoms with van der Waals surface area (Å²) in [5, 5.41) is 10.0. The van der Waals surface area contributed by atoms with Gasteiger partial charge in [-0.3, -0.25) is 4.98 Å². The van der Waals surface area contributed by atoms with E-state index in [0.29, 0.717) is 6.54 Å². The van der Waals surface area contributed by atoms with Crippen LogP contribution < -0.4 is 4.74 Å². The van der Waals surface area contributed by atoms with Gasteiger partial charge in [-0.2, -0.15) is 0 Å². The summed E-state index contributed by atoms with van der Waals surface area (Å²) in [6, 6.07) is 1.97. The molecular weight excluding hydrogens is 264 g/mol. The van der Waals surface area contributed by atoms with Crippen molar-refractivity contribution in [1.82, 2.24) is 9.55 Å². The lowest BCUT2D eigenvalue weighted by Gasteiger charge is -2.13. The lowest BCUT2D eigenvalue weighted by atomic mass is 10.1. The Morgan fingerprint density at radius 2 is 2.14 bits per heavy atom. The quantitative estimate of drug-likeness (QED) is 0.886. The van der Waals surface area contributed by atoms with E-state index in [-0.39, 0.29) is 6.10 Å². The van der Waals surface area contributed by atoms with E-state index in [1.807, 2.05) is 38.5 Å². The van der Waals surface area contributed by atoms with E-state index < -0.39 is 0 Å². The fourth-order valence-electron chi connectivity index (χ4n) is 2.60. The third kappa shape index (κ3) is 3.45. The summed E-state index contributed by atoms with van der Waals surface area (Å²) < 4.78 is 7.49. The number of ether oxygens (including phenoxy) is 1. The zero-order valence-corrected chi connectivity index (χ0v) is 13.3. The van der Waals surface area contributed by atoms with Gasteiger partial charge in [0.1, 0.15) is 5.75 Å². The minimum atomic E-state index is -0.377. The Hall–Kier alpha value is -1.81. The molecule has 1 unspecified atom stereocenters. The van der Waals surface area contributed by atoms with Gasteiger partial charge in [0.2, 0.25) is 0 Å². The van der Waals surface area contributed by atoms with Gasteiger partial charge >= 0.3 is 0 Å². The second-order valence-corrected chi connectivity index (χ2v) is 5.47. The smallest absolute Gasteiger partial charge is 0.128 e. The molecule has 2 aromatic heterocycles. The number of nitrogens with zero attached hydrogens (tertiary/aromatic N) is 2. The van der Waals surface area contributed by atoms with Gasteiger partial charge < -0.3 is 14.4 Å². The molecule has 0 saturated carbocycles. The Morgan fingerprint density at radius 3 is 2.81 bits per heavy atom. The van der Waals surface area contributed by atoms with Crippen LogP contribution in [0, 0.1) is 13.8 Å². The number of aliphatic hydroxyl groups is 1. The van der Waals surface area contributed by atoms with Gasteiger partial charge in [0.25, 0.3) is 0 Å². The van der Waals surface area contributed by atoms with Gasteiger partial charge in [-0.15, -0.1) is 0 Å². The molecule has 0 aliphatic rings. The first-order valence-electron chi connectivity index (χ1n) is 7.39. The number of rotatable bonds is 6. The van der Waals surface area contributed by atoms with Crippen molar-refractivity contribution >= 4 is 0 Å². The van der Waals surface area contributed by atoms with Crippen LogP contribution in [0.3, 0.4) is 0 Å². The Labute approximate surface area is 126 Å². The number of hydrogen-bond acceptors (Lipinski definition) is 3. The molecule has 0 radical (unpaired) electrons. The summed E-state index contributed by atoms with van der Waals surface area (Å²) in [5.74, 6) is 0.901. The summed E-state index contributed by atoms with van der Waals surface area (Å²) in [6.45, 7) is 6.79. The standard InChI is InChI=1S/C17H24N2O2/c1-5-6-16(20)14-7-8-19(10-14)11-15-13(3)17(21-4)12(2)9-18-15/h7-10,16,20H,5-6,11H2,1-4H3. The number of aryl methyl sites for hydroxylation is 1. The molecule has 2 aromatic rings. The van der Waals surface area contributed by atoms with Crippen molar-refractivity contribution in [3.05, 3.63) is 47.0 Å². The predicted molar refractivity (Wildman–Crippen MR) is 83.7 cm³/mol. The van der Waals surface area contributed by atoms with Crippen LogP contribution in [0.4, 0.5) is 0 Å². The average molecular weight is 288 g/mol. The first-order chi connectivity index (χ1) is 10.1. The van der Waals surface area contributed by atoms with Crippen molar-refractivity contribution < 1.29 is 9.84 Å². The minimum absolute atomic E-state index is 0.377. The van der Waals surface area contributed by atoms with E-state index in [9.17, 15) is 5.11 Å². The Morgan fingerprint density at radius 1 is 1.38 bits per heavy atom. The molecule has 0 bridgehead atoms. The molecule has 0 spiro atoms. The average Bonchev–Trinajstić information content (AvgIpc) is 2.92. The maximum absolute atomic E-state index is 10.0. The second kappa shape index (κ2) is 6.76. The largest absolute Gasteiger partial charge is 0.496 e. The van der Waals surface area contributed by atoms with Crippen LogP contribution in [-0.2, 0) is 6.54 Å². The van der Waals surface area contributed by atoms with Gasteiger partial charge in [0.15, 0.2) is 0 Å². The Balaban J connectivity index is 2.19. The molecule has 0 aliphatic heterocycles. The Kier molecular flexibility index (Phi) is 5.02. The molecule has 2 heterocycles. The maximum atomic E-state index is 10.0. The van der Waals surface area contributed by atoms with Crippen LogP contribution in [-0.4, -0.2) is 21.8 Å². The van der Waals surface area contributed by atoms with Crippen molar-refractivity contribution in [1.29, 1.82) is 0 Å². The van der Waals surface area contributed by atoms with Gasteiger partial charge in [-0.1, -0.05) is 13.3 Å². The third-order valence-corrected chi connectivity index (χ3v) is 3.80. The predicted octanol–water partition coefficient (Wildman–Crippen LogP) is 3.39. The molecular formula is C17H24N2O2. The molecule has 4 nitrogen and oxygen atoms in total. The molecule has 114 valence electrons. The number of methoxy groups -OCH3 is 1. The second-order valence-electron chi connectivity index (χ2n) is 5.47. The van der Waals surface area contributed by atoms with Gasteiger partial charge in [0.05, 0.1) is 25.5 Å². The molecule has 0 fully saturated rings. The molecule has 21 heavy (non-hydrogen) atoms. The van der Waals surface area contributed by atoms with Crippen molar-refractivity contribution in [2.45, 2.75) is 46.3 Å². The number of aromatic nitrogens is 2. The van der Waals surface area contributed by atoms with Crippen LogP contribution >= 0.6 is 0 Å². The molecule has 0 aromatic carbocycles. The van der Waals surface area contributed by atoms with Gasteiger partial charge in [-0.25, -0.2) is 0 Å². The van der Waals surface area contributed by atoms with Gasteiger partial charge in [0, 0.05) is 29.7 Å². The highest BCUT2D eigenvalue weighted by Gasteiger charge is 2.11. The molecule has 4 heteroatoms. The zero-order chi connectivity index (χ0) is 15.4. The van der Waals surface area contributed by atoms with Crippen molar-refractivity contribution in [3.63, 3.8) is 0 Å². The lowest BCUT2D eigenvalue weighted by Crippen LogP contribution is -2.05. The van der Waals surface area contributed by atoms with Crippen LogP contribution in [0.25, 0.3) is 0 Å². The molecule has 1 N–H and O–H groups in total.